The van der Waals surface area contributed by atoms with Crippen molar-refractivity contribution in [3.05, 3.63) is 46.0 Å². The first-order valence-corrected chi connectivity index (χ1v) is 6.97. The molecule has 0 fully saturated rings. The van der Waals surface area contributed by atoms with Crippen LogP contribution < -0.4 is 5.32 Å². The standard InChI is InChI=1S/C15H22BrN/c1-5-17-15(9-6-11(2)3)13-7-8-14(16)12(4)10-13/h7-8,10,15,17H,2,5-6,9H2,1,3-4H3. The van der Waals surface area contributed by atoms with Gasteiger partial charge >= 0.3 is 0 Å². The Morgan fingerprint density at radius 1 is 1.47 bits per heavy atom. The molecular formula is C15H22BrN. The summed E-state index contributed by atoms with van der Waals surface area (Å²) in [5.74, 6) is 0. The van der Waals surface area contributed by atoms with E-state index in [1.54, 1.807) is 0 Å². The van der Waals surface area contributed by atoms with Crippen LogP contribution in [0.4, 0.5) is 0 Å². The first-order valence-electron chi connectivity index (χ1n) is 6.18. The highest BCUT2D eigenvalue weighted by Gasteiger charge is 2.10. The van der Waals surface area contributed by atoms with Crippen LogP contribution in [0.2, 0.25) is 0 Å². The fourth-order valence-corrected chi connectivity index (χ4v) is 2.15. The molecule has 0 aliphatic heterocycles. The zero-order valence-corrected chi connectivity index (χ0v) is 12.6. The maximum absolute atomic E-state index is 3.98. The summed E-state index contributed by atoms with van der Waals surface area (Å²) in [6.07, 6.45) is 2.19. The minimum absolute atomic E-state index is 0.434. The van der Waals surface area contributed by atoms with Crippen molar-refractivity contribution in [1.82, 2.24) is 5.32 Å². The summed E-state index contributed by atoms with van der Waals surface area (Å²) in [5.41, 5.74) is 3.91. The van der Waals surface area contributed by atoms with Crippen LogP contribution in [0.1, 0.15) is 43.9 Å². The van der Waals surface area contributed by atoms with Gasteiger partial charge in [0.1, 0.15) is 0 Å². The zero-order chi connectivity index (χ0) is 12.8. The zero-order valence-electron chi connectivity index (χ0n) is 11.0. The van der Waals surface area contributed by atoms with Gasteiger partial charge in [-0.1, -0.05) is 40.6 Å². The molecular weight excluding hydrogens is 274 g/mol. The number of aryl methyl sites for hydroxylation is 1. The summed E-state index contributed by atoms with van der Waals surface area (Å²) < 4.78 is 1.18. The molecule has 1 unspecified atom stereocenters. The molecule has 1 nitrogen and oxygen atoms in total. The molecule has 94 valence electrons. The molecule has 17 heavy (non-hydrogen) atoms. The lowest BCUT2D eigenvalue weighted by atomic mass is 9.98. The highest BCUT2D eigenvalue weighted by molar-refractivity contribution is 9.10. The molecule has 0 aliphatic rings. The van der Waals surface area contributed by atoms with Crippen molar-refractivity contribution >= 4 is 15.9 Å². The van der Waals surface area contributed by atoms with Crippen molar-refractivity contribution in [2.45, 2.75) is 39.7 Å². The first kappa shape index (κ1) is 14.5. The van der Waals surface area contributed by atoms with Crippen molar-refractivity contribution in [2.75, 3.05) is 6.54 Å². The van der Waals surface area contributed by atoms with Gasteiger partial charge in [0.2, 0.25) is 0 Å². The highest BCUT2D eigenvalue weighted by atomic mass is 79.9. The molecule has 0 amide bonds. The van der Waals surface area contributed by atoms with Crippen LogP contribution in [0, 0.1) is 6.92 Å². The van der Waals surface area contributed by atoms with E-state index in [4.69, 9.17) is 0 Å². The third kappa shape index (κ3) is 4.64. The Labute approximate surface area is 113 Å². The number of halogens is 1. The minimum atomic E-state index is 0.434. The molecule has 0 aromatic heterocycles. The monoisotopic (exact) mass is 295 g/mol. The van der Waals surface area contributed by atoms with Crippen LogP contribution >= 0.6 is 15.9 Å². The van der Waals surface area contributed by atoms with Gasteiger partial charge in [0, 0.05) is 10.5 Å². The summed E-state index contributed by atoms with van der Waals surface area (Å²) in [6.45, 7) is 11.4. The summed E-state index contributed by atoms with van der Waals surface area (Å²) in [5, 5.41) is 3.54. The number of rotatable bonds is 6. The van der Waals surface area contributed by atoms with E-state index in [-0.39, 0.29) is 0 Å². The molecule has 1 aromatic rings. The van der Waals surface area contributed by atoms with Gasteiger partial charge in [-0.3, -0.25) is 0 Å². The lowest BCUT2D eigenvalue weighted by Crippen LogP contribution is -2.21. The van der Waals surface area contributed by atoms with Crippen molar-refractivity contribution in [3.63, 3.8) is 0 Å². The quantitative estimate of drug-likeness (QED) is 0.746. The van der Waals surface area contributed by atoms with Gasteiger partial charge in [-0.25, -0.2) is 0 Å². The second-order valence-electron chi connectivity index (χ2n) is 4.61. The Balaban J connectivity index is 2.81. The number of hydrogen-bond acceptors (Lipinski definition) is 1. The summed E-state index contributed by atoms with van der Waals surface area (Å²) in [6, 6.07) is 7.03. The molecule has 0 spiro atoms. The van der Waals surface area contributed by atoms with E-state index in [1.165, 1.54) is 21.2 Å². The van der Waals surface area contributed by atoms with Crippen LogP contribution in [0.25, 0.3) is 0 Å². The van der Waals surface area contributed by atoms with Crippen LogP contribution in [0.15, 0.2) is 34.8 Å². The molecule has 1 aromatic carbocycles. The lowest BCUT2D eigenvalue weighted by Gasteiger charge is -2.19. The molecule has 2 heteroatoms. The number of allylic oxidation sites excluding steroid dienone is 1. The molecule has 1 rings (SSSR count). The second kappa shape index (κ2) is 6.97. The molecule has 1 N–H and O–H groups in total. The Hall–Kier alpha value is -0.600. The van der Waals surface area contributed by atoms with Crippen molar-refractivity contribution in [3.8, 4) is 0 Å². The van der Waals surface area contributed by atoms with E-state index in [9.17, 15) is 0 Å². The maximum atomic E-state index is 3.98. The van der Waals surface area contributed by atoms with Gasteiger partial charge in [-0.05, 0) is 50.4 Å². The predicted octanol–water partition coefficient (Wildman–Crippen LogP) is 4.76. The topological polar surface area (TPSA) is 12.0 Å². The number of nitrogens with one attached hydrogen (secondary N) is 1. The Kier molecular flexibility index (Phi) is 5.93. The second-order valence-corrected chi connectivity index (χ2v) is 5.47. The Morgan fingerprint density at radius 3 is 2.71 bits per heavy atom. The van der Waals surface area contributed by atoms with E-state index < -0.39 is 0 Å². The van der Waals surface area contributed by atoms with E-state index in [0.717, 1.165) is 19.4 Å². The smallest absolute Gasteiger partial charge is 0.0323 e. The van der Waals surface area contributed by atoms with Crippen LogP contribution in [0.5, 0.6) is 0 Å². The number of benzene rings is 1. The largest absolute Gasteiger partial charge is 0.310 e. The molecule has 0 heterocycles. The van der Waals surface area contributed by atoms with E-state index in [1.807, 2.05) is 0 Å². The molecule has 0 bridgehead atoms. The number of hydrogen-bond donors (Lipinski definition) is 1. The van der Waals surface area contributed by atoms with Crippen LogP contribution in [-0.2, 0) is 0 Å². The van der Waals surface area contributed by atoms with Crippen LogP contribution in [0.3, 0.4) is 0 Å². The molecule has 0 saturated carbocycles. The first-order chi connectivity index (χ1) is 8.04. The van der Waals surface area contributed by atoms with Gasteiger partial charge in [0.25, 0.3) is 0 Å². The van der Waals surface area contributed by atoms with E-state index in [2.05, 4.69) is 66.8 Å². The summed E-state index contributed by atoms with van der Waals surface area (Å²) >= 11 is 3.55. The fourth-order valence-electron chi connectivity index (χ4n) is 1.91. The average molecular weight is 296 g/mol. The third-order valence-electron chi connectivity index (χ3n) is 2.89. The van der Waals surface area contributed by atoms with Crippen LogP contribution in [-0.4, -0.2) is 6.54 Å². The van der Waals surface area contributed by atoms with Crippen molar-refractivity contribution in [2.24, 2.45) is 0 Å². The minimum Gasteiger partial charge on any atom is -0.310 e. The normalized spacial score (nSPS) is 12.5. The predicted molar refractivity (Wildman–Crippen MR) is 79.3 cm³/mol. The highest BCUT2D eigenvalue weighted by Crippen LogP contribution is 2.25. The SMILES string of the molecule is C=C(C)CCC(NCC)c1ccc(Br)c(C)c1. The molecule has 0 radical (unpaired) electrons. The maximum Gasteiger partial charge on any atom is 0.0323 e. The molecule has 1 atom stereocenters. The van der Waals surface area contributed by atoms with Crippen molar-refractivity contribution < 1.29 is 0 Å². The van der Waals surface area contributed by atoms with Gasteiger partial charge < -0.3 is 5.32 Å². The van der Waals surface area contributed by atoms with Crippen molar-refractivity contribution in [1.29, 1.82) is 0 Å². The van der Waals surface area contributed by atoms with Gasteiger partial charge in [-0.2, -0.15) is 0 Å². The summed E-state index contributed by atoms with van der Waals surface area (Å²) in [4.78, 5) is 0. The van der Waals surface area contributed by atoms with Gasteiger partial charge in [0.15, 0.2) is 0 Å². The molecule has 0 saturated heterocycles. The third-order valence-corrected chi connectivity index (χ3v) is 3.78. The van der Waals surface area contributed by atoms with E-state index >= 15 is 0 Å². The lowest BCUT2D eigenvalue weighted by molar-refractivity contribution is 0.514. The average Bonchev–Trinajstić information content (AvgIpc) is 2.28. The Bertz CT molecular complexity index is 385. The fraction of sp³-hybridized carbons (Fsp3) is 0.467. The summed E-state index contributed by atoms with van der Waals surface area (Å²) in [7, 11) is 0. The Morgan fingerprint density at radius 2 is 2.18 bits per heavy atom. The van der Waals surface area contributed by atoms with E-state index in [0.29, 0.717) is 6.04 Å². The van der Waals surface area contributed by atoms with Gasteiger partial charge in [0.05, 0.1) is 0 Å². The molecule has 0 aliphatic carbocycles. The van der Waals surface area contributed by atoms with Gasteiger partial charge in [-0.15, -0.1) is 6.58 Å².